The van der Waals surface area contributed by atoms with Crippen LogP contribution in [0.15, 0.2) is 18.2 Å². The Hall–Kier alpha value is -0.640. The van der Waals surface area contributed by atoms with Gasteiger partial charge in [-0.15, -0.1) is 11.6 Å². The van der Waals surface area contributed by atoms with Crippen molar-refractivity contribution >= 4 is 11.6 Å². The summed E-state index contributed by atoms with van der Waals surface area (Å²) >= 11 is 5.92. The first kappa shape index (κ1) is 12.8. The number of alkyl halides is 1. The SMILES string of the molecule is Cc1cc(F)ccc1CN1CCOCC1CCl. The monoisotopic (exact) mass is 257 g/mol. The van der Waals surface area contributed by atoms with Crippen molar-refractivity contribution in [2.75, 3.05) is 25.6 Å². The van der Waals surface area contributed by atoms with Crippen molar-refractivity contribution in [1.29, 1.82) is 0 Å². The van der Waals surface area contributed by atoms with Crippen LogP contribution in [0.25, 0.3) is 0 Å². The lowest BCUT2D eigenvalue weighted by Crippen LogP contribution is -2.45. The summed E-state index contributed by atoms with van der Waals surface area (Å²) in [5.74, 6) is 0.391. The zero-order chi connectivity index (χ0) is 12.3. The lowest BCUT2D eigenvalue weighted by Gasteiger charge is -2.34. The van der Waals surface area contributed by atoms with E-state index in [0.29, 0.717) is 12.5 Å². The zero-order valence-corrected chi connectivity index (χ0v) is 10.7. The van der Waals surface area contributed by atoms with Crippen LogP contribution in [0.2, 0.25) is 0 Å². The van der Waals surface area contributed by atoms with Crippen molar-refractivity contribution in [3.63, 3.8) is 0 Å². The van der Waals surface area contributed by atoms with Crippen LogP contribution < -0.4 is 0 Å². The molecule has 2 rings (SSSR count). The van der Waals surface area contributed by atoms with E-state index in [9.17, 15) is 4.39 Å². The zero-order valence-electron chi connectivity index (χ0n) is 9.96. The van der Waals surface area contributed by atoms with Gasteiger partial charge in [0.2, 0.25) is 0 Å². The summed E-state index contributed by atoms with van der Waals surface area (Å²) in [7, 11) is 0. The molecule has 1 atom stereocenters. The summed E-state index contributed by atoms with van der Waals surface area (Å²) in [6.07, 6.45) is 0. The predicted octanol–water partition coefficient (Wildman–Crippen LogP) is 2.57. The molecule has 0 spiro atoms. The Morgan fingerprint density at radius 2 is 2.35 bits per heavy atom. The van der Waals surface area contributed by atoms with E-state index in [-0.39, 0.29) is 11.9 Å². The number of hydrogen-bond acceptors (Lipinski definition) is 2. The van der Waals surface area contributed by atoms with Gasteiger partial charge in [-0.3, -0.25) is 4.90 Å². The molecule has 0 aromatic heterocycles. The molecule has 2 nitrogen and oxygen atoms in total. The minimum atomic E-state index is -0.179. The number of hydrogen-bond donors (Lipinski definition) is 0. The highest BCUT2D eigenvalue weighted by atomic mass is 35.5. The Kier molecular flexibility index (Phi) is 4.37. The second-order valence-corrected chi connectivity index (χ2v) is 4.73. The summed E-state index contributed by atoms with van der Waals surface area (Å²) in [6, 6.07) is 5.20. The number of benzene rings is 1. The number of halogens is 2. The summed E-state index contributed by atoms with van der Waals surface area (Å²) in [6.45, 7) is 5.06. The second kappa shape index (κ2) is 5.80. The molecule has 1 aliphatic heterocycles. The molecule has 0 N–H and O–H groups in total. The van der Waals surface area contributed by atoms with Crippen molar-refractivity contribution in [2.24, 2.45) is 0 Å². The summed E-state index contributed by atoms with van der Waals surface area (Å²) < 4.78 is 18.4. The molecule has 0 aliphatic carbocycles. The highest BCUT2D eigenvalue weighted by Crippen LogP contribution is 2.17. The molecular formula is C13H17ClFNO. The van der Waals surface area contributed by atoms with Gasteiger partial charge in [-0.1, -0.05) is 6.07 Å². The van der Waals surface area contributed by atoms with Gasteiger partial charge in [0.15, 0.2) is 0 Å². The quantitative estimate of drug-likeness (QED) is 0.772. The molecule has 1 heterocycles. The van der Waals surface area contributed by atoms with Crippen LogP contribution in [0.5, 0.6) is 0 Å². The van der Waals surface area contributed by atoms with Crippen LogP contribution in [0.3, 0.4) is 0 Å². The van der Waals surface area contributed by atoms with Crippen molar-refractivity contribution < 1.29 is 9.13 Å². The fraction of sp³-hybridized carbons (Fsp3) is 0.538. The first-order valence-corrected chi connectivity index (χ1v) is 6.37. The third-order valence-corrected chi connectivity index (χ3v) is 3.56. The summed E-state index contributed by atoms with van der Waals surface area (Å²) in [4.78, 5) is 2.30. The maximum atomic E-state index is 13.0. The second-order valence-electron chi connectivity index (χ2n) is 4.42. The summed E-state index contributed by atoms with van der Waals surface area (Å²) in [5.41, 5.74) is 2.15. The van der Waals surface area contributed by atoms with Crippen molar-refractivity contribution in [3.05, 3.63) is 35.1 Å². The number of nitrogens with zero attached hydrogens (tertiary/aromatic N) is 1. The molecule has 94 valence electrons. The highest BCUT2D eigenvalue weighted by molar-refractivity contribution is 6.18. The molecule has 1 aromatic carbocycles. The highest BCUT2D eigenvalue weighted by Gasteiger charge is 2.22. The van der Waals surface area contributed by atoms with E-state index >= 15 is 0 Å². The van der Waals surface area contributed by atoms with Gasteiger partial charge in [-0.25, -0.2) is 4.39 Å². The van der Waals surface area contributed by atoms with Crippen molar-refractivity contribution in [2.45, 2.75) is 19.5 Å². The summed E-state index contributed by atoms with van der Waals surface area (Å²) in [5, 5.41) is 0. The minimum absolute atomic E-state index is 0.179. The van der Waals surface area contributed by atoms with E-state index in [1.54, 1.807) is 6.07 Å². The van der Waals surface area contributed by atoms with Crippen LogP contribution in [-0.2, 0) is 11.3 Å². The van der Waals surface area contributed by atoms with E-state index in [4.69, 9.17) is 16.3 Å². The van der Waals surface area contributed by atoms with Gasteiger partial charge in [0, 0.05) is 25.0 Å². The van der Waals surface area contributed by atoms with Crippen LogP contribution >= 0.6 is 11.6 Å². The predicted molar refractivity (Wildman–Crippen MR) is 66.9 cm³/mol. The third-order valence-electron chi connectivity index (χ3n) is 3.21. The van der Waals surface area contributed by atoms with Gasteiger partial charge >= 0.3 is 0 Å². The fourth-order valence-corrected chi connectivity index (χ4v) is 2.38. The molecular weight excluding hydrogens is 241 g/mol. The van der Waals surface area contributed by atoms with E-state index in [1.807, 2.05) is 13.0 Å². The maximum absolute atomic E-state index is 13.0. The Morgan fingerprint density at radius 3 is 3.06 bits per heavy atom. The van der Waals surface area contributed by atoms with Crippen LogP contribution in [-0.4, -0.2) is 36.6 Å². The van der Waals surface area contributed by atoms with E-state index < -0.39 is 0 Å². The first-order chi connectivity index (χ1) is 8.20. The van der Waals surface area contributed by atoms with Crippen molar-refractivity contribution in [1.82, 2.24) is 4.90 Å². The van der Waals surface area contributed by atoms with Crippen LogP contribution in [0.4, 0.5) is 4.39 Å². The normalized spacial score (nSPS) is 21.7. The first-order valence-electron chi connectivity index (χ1n) is 5.83. The fourth-order valence-electron chi connectivity index (χ4n) is 2.09. The Morgan fingerprint density at radius 1 is 1.53 bits per heavy atom. The molecule has 17 heavy (non-hydrogen) atoms. The molecule has 0 radical (unpaired) electrons. The van der Waals surface area contributed by atoms with Gasteiger partial charge in [0.1, 0.15) is 5.82 Å². The number of ether oxygens (including phenoxy) is 1. The van der Waals surface area contributed by atoms with E-state index in [1.165, 1.54) is 6.07 Å². The van der Waals surface area contributed by atoms with Gasteiger partial charge in [-0.05, 0) is 30.2 Å². The molecule has 1 unspecified atom stereocenters. The van der Waals surface area contributed by atoms with Crippen molar-refractivity contribution in [3.8, 4) is 0 Å². The smallest absolute Gasteiger partial charge is 0.123 e. The van der Waals surface area contributed by atoms with E-state index in [0.717, 1.165) is 30.8 Å². The average Bonchev–Trinajstić information content (AvgIpc) is 2.33. The van der Waals surface area contributed by atoms with E-state index in [2.05, 4.69) is 4.90 Å². The minimum Gasteiger partial charge on any atom is -0.378 e. The Bertz CT molecular complexity index is 386. The molecule has 0 saturated carbocycles. The molecule has 1 aliphatic rings. The molecule has 1 saturated heterocycles. The number of rotatable bonds is 3. The van der Waals surface area contributed by atoms with Crippen LogP contribution in [0.1, 0.15) is 11.1 Å². The molecule has 0 bridgehead atoms. The molecule has 4 heteroatoms. The number of morpholine rings is 1. The van der Waals surface area contributed by atoms with Gasteiger partial charge in [0.05, 0.1) is 13.2 Å². The topological polar surface area (TPSA) is 12.5 Å². The molecule has 1 aromatic rings. The number of aryl methyl sites for hydroxylation is 1. The van der Waals surface area contributed by atoms with Gasteiger partial charge in [0.25, 0.3) is 0 Å². The Labute approximate surface area is 106 Å². The standard InChI is InChI=1S/C13H17ClFNO/c1-10-6-12(15)3-2-11(10)8-16-4-5-17-9-13(16)7-14/h2-3,6,13H,4-5,7-9H2,1H3. The van der Waals surface area contributed by atoms with Gasteiger partial charge in [-0.2, -0.15) is 0 Å². The lowest BCUT2D eigenvalue weighted by molar-refractivity contribution is -0.00312. The molecule has 1 fully saturated rings. The van der Waals surface area contributed by atoms with Gasteiger partial charge < -0.3 is 4.74 Å². The lowest BCUT2D eigenvalue weighted by atomic mass is 10.1. The maximum Gasteiger partial charge on any atom is 0.123 e. The largest absolute Gasteiger partial charge is 0.378 e. The average molecular weight is 258 g/mol. The van der Waals surface area contributed by atoms with Crippen LogP contribution in [0, 0.1) is 12.7 Å². The third kappa shape index (κ3) is 3.18. The Balaban J connectivity index is 2.08. The molecule has 0 amide bonds.